The highest BCUT2D eigenvalue weighted by Crippen LogP contribution is 2.22. The van der Waals surface area contributed by atoms with E-state index in [1.807, 2.05) is 0 Å². The summed E-state index contributed by atoms with van der Waals surface area (Å²) in [6.45, 7) is 0.184. The molecule has 0 saturated carbocycles. The second kappa shape index (κ2) is 8.05. The Hall–Kier alpha value is -3.13. The van der Waals surface area contributed by atoms with E-state index in [0.717, 1.165) is 24.0 Å². The largest absolute Gasteiger partial charge is 0.347 e. The van der Waals surface area contributed by atoms with Crippen LogP contribution in [0, 0.1) is 17.5 Å². The number of benzene rings is 2. The van der Waals surface area contributed by atoms with Crippen LogP contribution in [0.25, 0.3) is 0 Å². The normalized spacial score (nSPS) is 10.5. The number of halogens is 4. The number of carbonyl (C=O) groups excluding carboxylic acids is 1. The summed E-state index contributed by atoms with van der Waals surface area (Å²) in [5.41, 5.74) is 0.404. The molecule has 0 spiro atoms. The maximum atomic E-state index is 13.7. The third-order valence-electron chi connectivity index (χ3n) is 3.59. The fourth-order valence-electron chi connectivity index (χ4n) is 2.22. The minimum absolute atomic E-state index is 0.00236. The van der Waals surface area contributed by atoms with Gasteiger partial charge in [-0.1, -0.05) is 29.8 Å². The number of nitrogens with zero attached hydrogens (tertiary/aromatic N) is 2. The van der Waals surface area contributed by atoms with Crippen LogP contribution in [0.15, 0.2) is 48.8 Å². The number of aromatic nitrogens is 2. The Kier molecular flexibility index (Phi) is 5.56. The van der Waals surface area contributed by atoms with E-state index in [-0.39, 0.29) is 23.7 Å². The maximum Gasteiger partial charge on any atom is 0.270 e. The first-order valence-corrected chi connectivity index (χ1v) is 8.07. The second-order valence-corrected chi connectivity index (χ2v) is 5.82. The summed E-state index contributed by atoms with van der Waals surface area (Å²) in [7, 11) is 0. The summed E-state index contributed by atoms with van der Waals surface area (Å²) < 4.78 is 40.0. The lowest BCUT2D eigenvalue weighted by molar-refractivity contribution is 0.0946. The number of hydrogen-bond donors (Lipinski definition) is 2. The molecule has 0 fully saturated rings. The lowest BCUT2D eigenvalue weighted by Crippen LogP contribution is -2.24. The predicted molar refractivity (Wildman–Crippen MR) is 94.3 cm³/mol. The third kappa shape index (κ3) is 4.35. The number of carbonyl (C=O) groups is 1. The van der Waals surface area contributed by atoms with Gasteiger partial charge in [0.15, 0.2) is 17.5 Å². The van der Waals surface area contributed by atoms with Crippen molar-refractivity contribution in [1.82, 2.24) is 15.3 Å². The quantitative estimate of drug-likeness (QED) is 0.638. The summed E-state index contributed by atoms with van der Waals surface area (Å²) in [6, 6.07) is 10.1. The van der Waals surface area contributed by atoms with Crippen molar-refractivity contribution in [3.05, 3.63) is 82.5 Å². The van der Waals surface area contributed by atoms with Crippen molar-refractivity contribution in [2.45, 2.75) is 6.54 Å². The van der Waals surface area contributed by atoms with Gasteiger partial charge in [-0.3, -0.25) is 4.79 Å². The first kappa shape index (κ1) is 18.7. The summed E-state index contributed by atoms with van der Waals surface area (Å²) in [4.78, 5) is 19.9. The van der Waals surface area contributed by atoms with Crippen LogP contribution in [0.2, 0.25) is 5.02 Å². The van der Waals surface area contributed by atoms with E-state index < -0.39 is 23.4 Å². The van der Waals surface area contributed by atoms with E-state index in [9.17, 15) is 18.0 Å². The van der Waals surface area contributed by atoms with Crippen LogP contribution in [-0.4, -0.2) is 15.9 Å². The van der Waals surface area contributed by atoms with Crippen molar-refractivity contribution < 1.29 is 18.0 Å². The van der Waals surface area contributed by atoms with E-state index in [1.54, 1.807) is 24.3 Å². The van der Waals surface area contributed by atoms with Gasteiger partial charge in [0.2, 0.25) is 0 Å². The van der Waals surface area contributed by atoms with Crippen LogP contribution in [-0.2, 0) is 6.54 Å². The van der Waals surface area contributed by atoms with Gasteiger partial charge in [-0.25, -0.2) is 23.1 Å². The SMILES string of the molecule is O=C(NCc1ccccc1Cl)c1cc(Nc2ccc(F)c(F)c2F)ncn1. The van der Waals surface area contributed by atoms with Crippen molar-refractivity contribution in [2.75, 3.05) is 5.32 Å². The Morgan fingerprint density at radius 1 is 1.04 bits per heavy atom. The van der Waals surface area contributed by atoms with Gasteiger partial charge >= 0.3 is 0 Å². The molecular weight excluding hydrogens is 381 g/mol. The Labute approximate surface area is 157 Å². The molecule has 5 nitrogen and oxygen atoms in total. The molecular formula is C18H12ClF3N4O. The molecule has 1 heterocycles. The molecule has 27 heavy (non-hydrogen) atoms. The first-order chi connectivity index (χ1) is 13.0. The molecule has 2 aromatic carbocycles. The van der Waals surface area contributed by atoms with Crippen molar-refractivity contribution >= 4 is 29.0 Å². The third-order valence-corrected chi connectivity index (χ3v) is 3.96. The predicted octanol–water partition coefficient (Wildman–Crippen LogP) is 4.22. The van der Waals surface area contributed by atoms with Crippen LogP contribution in [0.4, 0.5) is 24.7 Å². The Morgan fingerprint density at radius 3 is 2.59 bits per heavy atom. The van der Waals surface area contributed by atoms with E-state index in [2.05, 4.69) is 20.6 Å². The number of hydrogen-bond acceptors (Lipinski definition) is 4. The minimum Gasteiger partial charge on any atom is -0.347 e. The van der Waals surface area contributed by atoms with Gasteiger partial charge < -0.3 is 10.6 Å². The van der Waals surface area contributed by atoms with Crippen molar-refractivity contribution in [2.24, 2.45) is 0 Å². The fourth-order valence-corrected chi connectivity index (χ4v) is 2.42. The smallest absolute Gasteiger partial charge is 0.270 e. The lowest BCUT2D eigenvalue weighted by atomic mass is 10.2. The zero-order valence-corrected chi connectivity index (χ0v) is 14.4. The lowest BCUT2D eigenvalue weighted by Gasteiger charge is -2.09. The standard InChI is InChI=1S/C18H12ClF3N4O/c19-11-4-2-1-3-10(11)8-23-18(27)14-7-15(25-9-24-14)26-13-6-5-12(20)16(21)17(13)22/h1-7,9H,8H2,(H,23,27)(H,24,25,26). The molecule has 138 valence electrons. The van der Waals surface area contributed by atoms with Crippen LogP contribution < -0.4 is 10.6 Å². The maximum absolute atomic E-state index is 13.7. The summed E-state index contributed by atoms with van der Waals surface area (Å²) in [5.74, 6) is -4.77. The molecule has 0 aliphatic carbocycles. The minimum atomic E-state index is -1.60. The molecule has 9 heteroatoms. The van der Waals surface area contributed by atoms with Gasteiger partial charge in [-0.15, -0.1) is 0 Å². The Morgan fingerprint density at radius 2 is 1.81 bits per heavy atom. The molecule has 0 atom stereocenters. The summed E-state index contributed by atoms with van der Waals surface area (Å²) >= 11 is 6.03. The highest BCUT2D eigenvalue weighted by molar-refractivity contribution is 6.31. The molecule has 0 aliphatic heterocycles. The highest BCUT2D eigenvalue weighted by atomic mass is 35.5. The van der Waals surface area contributed by atoms with Gasteiger partial charge in [0.1, 0.15) is 17.8 Å². The number of rotatable bonds is 5. The Bertz CT molecular complexity index is 1000. The summed E-state index contributed by atoms with van der Waals surface area (Å²) in [6.07, 6.45) is 1.09. The fraction of sp³-hybridized carbons (Fsp3) is 0.0556. The average molecular weight is 393 g/mol. The molecule has 0 saturated heterocycles. The van der Waals surface area contributed by atoms with Gasteiger partial charge in [0, 0.05) is 17.6 Å². The first-order valence-electron chi connectivity index (χ1n) is 7.70. The molecule has 3 aromatic rings. The van der Waals surface area contributed by atoms with Crippen molar-refractivity contribution in [3.8, 4) is 0 Å². The van der Waals surface area contributed by atoms with Crippen LogP contribution in [0.3, 0.4) is 0 Å². The van der Waals surface area contributed by atoms with Gasteiger partial charge in [-0.05, 0) is 23.8 Å². The van der Waals surface area contributed by atoms with E-state index in [4.69, 9.17) is 11.6 Å². The second-order valence-electron chi connectivity index (χ2n) is 5.41. The van der Waals surface area contributed by atoms with Crippen molar-refractivity contribution in [3.63, 3.8) is 0 Å². The van der Waals surface area contributed by atoms with Gasteiger partial charge in [-0.2, -0.15) is 0 Å². The molecule has 0 unspecified atom stereocenters. The number of nitrogens with one attached hydrogen (secondary N) is 2. The van der Waals surface area contributed by atoms with Gasteiger partial charge in [0.05, 0.1) is 5.69 Å². The van der Waals surface area contributed by atoms with E-state index >= 15 is 0 Å². The molecule has 1 aromatic heterocycles. The average Bonchev–Trinajstić information content (AvgIpc) is 2.68. The van der Waals surface area contributed by atoms with E-state index in [0.29, 0.717) is 5.02 Å². The highest BCUT2D eigenvalue weighted by Gasteiger charge is 2.15. The van der Waals surface area contributed by atoms with Crippen LogP contribution >= 0.6 is 11.6 Å². The van der Waals surface area contributed by atoms with Crippen LogP contribution in [0.5, 0.6) is 0 Å². The van der Waals surface area contributed by atoms with Crippen molar-refractivity contribution in [1.29, 1.82) is 0 Å². The topological polar surface area (TPSA) is 66.9 Å². The van der Waals surface area contributed by atoms with Gasteiger partial charge in [0.25, 0.3) is 5.91 Å². The monoisotopic (exact) mass is 392 g/mol. The number of amides is 1. The van der Waals surface area contributed by atoms with Crippen LogP contribution in [0.1, 0.15) is 16.1 Å². The Balaban J connectivity index is 1.73. The zero-order chi connectivity index (χ0) is 19.4. The molecule has 2 N–H and O–H groups in total. The summed E-state index contributed by atoms with van der Waals surface area (Å²) in [5, 5.41) is 5.65. The molecule has 0 aliphatic rings. The van der Waals surface area contributed by atoms with E-state index in [1.165, 1.54) is 6.07 Å². The number of anilines is 2. The molecule has 0 radical (unpaired) electrons. The molecule has 3 rings (SSSR count). The molecule has 0 bridgehead atoms. The molecule has 1 amide bonds. The zero-order valence-electron chi connectivity index (χ0n) is 13.6.